The number of amides is 2. The zero-order valence-corrected chi connectivity index (χ0v) is 11.5. The van der Waals surface area contributed by atoms with Crippen molar-refractivity contribution in [3.05, 3.63) is 54.3 Å². The van der Waals surface area contributed by atoms with Gasteiger partial charge in [-0.25, -0.2) is 9.29 Å². The van der Waals surface area contributed by atoms with Crippen LogP contribution in [0.4, 0.5) is 15.8 Å². The molecule has 1 saturated heterocycles. The number of benzene rings is 2. The van der Waals surface area contributed by atoms with Crippen LogP contribution in [0.15, 0.2) is 48.5 Å². The van der Waals surface area contributed by atoms with Gasteiger partial charge in [-0.1, -0.05) is 0 Å². The van der Waals surface area contributed by atoms with Crippen LogP contribution in [0.2, 0.25) is 0 Å². The zero-order chi connectivity index (χ0) is 15.7. The van der Waals surface area contributed by atoms with E-state index in [2.05, 4.69) is 5.32 Å². The van der Waals surface area contributed by atoms with Gasteiger partial charge in [0.1, 0.15) is 17.6 Å². The largest absolute Gasteiger partial charge is 0.508 e. The van der Waals surface area contributed by atoms with E-state index in [-0.39, 0.29) is 29.8 Å². The molecule has 2 amide bonds. The normalized spacial score (nSPS) is 17.9. The van der Waals surface area contributed by atoms with Crippen molar-refractivity contribution >= 4 is 23.2 Å². The number of carbonyl (C=O) groups is 2. The first kappa shape index (κ1) is 14.1. The van der Waals surface area contributed by atoms with Gasteiger partial charge in [0.25, 0.3) is 5.91 Å². The fourth-order valence-corrected chi connectivity index (χ4v) is 2.36. The molecular weight excluding hydrogens is 287 g/mol. The van der Waals surface area contributed by atoms with Gasteiger partial charge in [-0.3, -0.25) is 9.59 Å². The minimum atomic E-state index is -0.688. The Hall–Kier alpha value is -2.89. The Kier molecular flexibility index (Phi) is 3.50. The van der Waals surface area contributed by atoms with Gasteiger partial charge in [0.2, 0.25) is 5.91 Å². The number of imide groups is 1. The van der Waals surface area contributed by atoms with E-state index in [1.165, 1.54) is 48.5 Å². The van der Waals surface area contributed by atoms with Gasteiger partial charge in [0, 0.05) is 5.69 Å². The number of anilines is 2. The van der Waals surface area contributed by atoms with E-state index < -0.39 is 6.04 Å². The summed E-state index contributed by atoms with van der Waals surface area (Å²) in [5.41, 5.74) is 0.983. The van der Waals surface area contributed by atoms with Crippen LogP contribution in [-0.2, 0) is 9.59 Å². The van der Waals surface area contributed by atoms with Crippen LogP contribution in [0.3, 0.4) is 0 Å². The van der Waals surface area contributed by atoms with Gasteiger partial charge >= 0.3 is 0 Å². The monoisotopic (exact) mass is 300 g/mol. The van der Waals surface area contributed by atoms with Crippen LogP contribution < -0.4 is 10.2 Å². The SMILES string of the molecule is O=C1CC(Nc2ccc(F)cc2)C(=O)N1c1ccc(O)cc1. The topological polar surface area (TPSA) is 69.6 Å². The molecule has 1 heterocycles. The Morgan fingerprint density at radius 2 is 1.68 bits per heavy atom. The van der Waals surface area contributed by atoms with Crippen LogP contribution in [0.1, 0.15) is 6.42 Å². The summed E-state index contributed by atoms with van der Waals surface area (Å²) in [4.78, 5) is 25.5. The van der Waals surface area contributed by atoms with Crippen molar-refractivity contribution in [3.63, 3.8) is 0 Å². The summed E-state index contributed by atoms with van der Waals surface area (Å²) < 4.78 is 12.9. The van der Waals surface area contributed by atoms with E-state index in [4.69, 9.17) is 0 Å². The van der Waals surface area contributed by atoms with Crippen LogP contribution in [0.25, 0.3) is 0 Å². The van der Waals surface area contributed by atoms with Gasteiger partial charge < -0.3 is 10.4 Å². The second-order valence-electron chi connectivity index (χ2n) is 4.99. The lowest BCUT2D eigenvalue weighted by Crippen LogP contribution is -2.34. The fourth-order valence-electron chi connectivity index (χ4n) is 2.36. The van der Waals surface area contributed by atoms with Crippen LogP contribution >= 0.6 is 0 Å². The summed E-state index contributed by atoms with van der Waals surface area (Å²) >= 11 is 0. The lowest BCUT2D eigenvalue weighted by molar-refractivity contribution is -0.121. The lowest BCUT2D eigenvalue weighted by Gasteiger charge is -2.16. The van der Waals surface area contributed by atoms with Crippen molar-refractivity contribution in [2.45, 2.75) is 12.5 Å². The number of hydrogen-bond donors (Lipinski definition) is 2. The molecule has 0 aliphatic carbocycles. The fraction of sp³-hybridized carbons (Fsp3) is 0.125. The van der Waals surface area contributed by atoms with Crippen LogP contribution in [-0.4, -0.2) is 23.0 Å². The number of aromatic hydroxyl groups is 1. The van der Waals surface area contributed by atoms with E-state index >= 15 is 0 Å². The van der Waals surface area contributed by atoms with E-state index in [9.17, 15) is 19.1 Å². The third-order valence-electron chi connectivity index (χ3n) is 3.44. The number of carbonyl (C=O) groups excluding carboxylic acids is 2. The minimum absolute atomic E-state index is 0.0249. The van der Waals surface area contributed by atoms with Crippen molar-refractivity contribution < 1.29 is 19.1 Å². The van der Waals surface area contributed by atoms with Crippen molar-refractivity contribution in [2.24, 2.45) is 0 Å². The maximum Gasteiger partial charge on any atom is 0.256 e. The van der Waals surface area contributed by atoms with Gasteiger partial charge in [-0.05, 0) is 48.5 Å². The molecule has 1 fully saturated rings. The Morgan fingerprint density at radius 1 is 1.05 bits per heavy atom. The Morgan fingerprint density at radius 3 is 2.32 bits per heavy atom. The third-order valence-corrected chi connectivity index (χ3v) is 3.44. The highest BCUT2D eigenvalue weighted by Crippen LogP contribution is 2.26. The number of phenols is 1. The Balaban J connectivity index is 1.79. The molecule has 5 nitrogen and oxygen atoms in total. The first-order chi connectivity index (χ1) is 10.5. The van der Waals surface area contributed by atoms with E-state index in [1.54, 1.807) is 0 Å². The summed E-state index contributed by atoms with van der Waals surface area (Å²) in [5.74, 6) is -1.01. The number of nitrogens with zero attached hydrogens (tertiary/aromatic N) is 1. The Bertz CT molecular complexity index is 713. The molecule has 1 atom stereocenters. The highest BCUT2D eigenvalue weighted by atomic mass is 19.1. The predicted octanol–water partition coefficient (Wildman–Crippen LogP) is 2.28. The average molecular weight is 300 g/mol. The number of phenolic OH excluding ortho intramolecular Hbond substituents is 1. The predicted molar refractivity (Wildman–Crippen MR) is 79.0 cm³/mol. The van der Waals surface area contributed by atoms with E-state index in [0.29, 0.717) is 11.4 Å². The first-order valence-corrected chi connectivity index (χ1v) is 6.72. The lowest BCUT2D eigenvalue weighted by atomic mass is 10.2. The molecule has 22 heavy (non-hydrogen) atoms. The average Bonchev–Trinajstić information content (AvgIpc) is 2.77. The van der Waals surface area contributed by atoms with Gasteiger partial charge in [0.05, 0.1) is 12.1 Å². The van der Waals surface area contributed by atoms with Crippen LogP contribution in [0, 0.1) is 5.82 Å². The Labute approximate surface area is 126 Å². The molecule has 1 aliphatic heterocycles. The van der Waals surface area contributed by atoms with Crippen molar-refractivity contribution in [1.29, 1.82) is 0 Å². The molecule has 2 N–H and O–H groups in total. The second-order valence-corrected chi connectivity index (χ2v) is 4.99. The second kappa shape index (κ2) is 5.48. The van der Waals surface area contributed by atoms with Gasteiger partial charge in [0.15, 0.2) is 0 Å². The van der Waals surface area contributed by atoms with Crippen molar-refractivity contribution in [1.82, 2.24) is 0 Å². The van der Waals surface area contributed by atoms with E-state index in [1.807, 2.05) is 0 Å². The summed E-state index contributed by atoms with van der Waals surface area (Å²) in [5, 5.41) is 12.2. The molecule has 112 valence electrons. The molecule has 0 spiro atoms. The first-order valence-electron chi connectivity index (χ1n) is 6.72. The number of rotatable bonds is 3. The number of hydrogen-bond acceptors (Lipinski definition) is 4. The summed E-state index contributed by atoms with van der Waals surface area (Å²) in [6.07, 6.45) is 0.0249. The molecule has 2 aromatic carbocycles. The van der Waals surface area contributed by atoms with E-state index in [0.717, 1.165) is 4.90 Å². The highest BCUT2D eigenvalue weighted by Gasteiger charge is 2.39. The summed E-state index contributed by atoms with van der Waals surface area (Å²) in [6, 6.07) is 10.7. The summed E-state index contributed by atoms with van der Waals surface area (Å²) in [6.45, 7) is 0. The smallest absolute Gasteiger partial charge is 0.256 e. The maximum absolute atomic E-state index is 12.9. The minimum Gasteiger partial charge on any atom is -0.508 e. The third kappa shape index (κ3) is 2.63. The molecule has 3 rings (SSSR count). The molecule has 0 saturated carbocycles. The van der Waals surface area contributed by atoms with Crippen molar-refractivity contribution in [3.8, 4) is 5.75 Å². The zero-order valence-electron chi connectivity index (χ0n) is 11.5. The number of halogens is 1. The molecule has 1 aliphatic rings. The molecule has 1 unspecified atom stereocenters. The quantitative estimate of drug-likeness (QED) is 0.853. The molecule has 0 radical (unpaired) electrons. The number of nitrogens with one attached hydrogen (secondary N) is 1. The highest BCUT2D eigenvalue weighted by molar-refractivity contribution is 6.23. The standard InChI is InChI=1S/C16H13FN2O3/c17-10-1-3-11(4-2-10)18-14-9-15(21)19(16(14)22)12-5-7-13(20)8-6-12/h1-8,14,18,20H,9H2. The molecule has 6 heteroatoms. The van der Waals surface area contributed by atoms with Crippen LogP contribution in [0.5, 0.6) is 5.75 Å². The maximum atomic E-state index is 12.9. The molecule has 0 bridgehead atoms. The van der Waals surface area contributed by atoms with Gasteiger partial charge in [-0.2, -0.15) is 0 Å². The molecule has 0 aromatic heterocycles. The molecule has 2 aromatic rings. The summed E-state index contributed by atoms with van der Waals surface area (Å²) in [7, 11) is 0. The van der Waals surface area contributed by atoms with Crippen molar-refractivity contribution in [2.75, 3.05) is 10.2 Å². The van der Waals surface area contributed by atoms with Gasteiger partial charge in [-0.15, -0.1) is 0 Å². The molecular formula is C16H13FN2O3.